The molecule has 1 aliphatic rings. The molecular weight excluding hydrogens is 240 g/mol. The van der Waals surface area contributed by atoms with Gasteiger partial charge in [0.1, 0.15) is 5.69 Å². The van der Waals surface area contributed by atoms with E-state index in [9.17, 15) is 4.79 Å². The van der Waals surface area contributed by atoms with Gasteiger partial charge in [0.25, 0.3) is 0 Å². The van der Waals surface area contributed by atoms with Crippen molar-refractivity contribution in [1.82, 2.24) is 9.97 Å². The summed E-state index contributed by atoms with van der Waals surface area (Å²) in [6, 6.07) is 0. The molecule has 0 aromatic carbocycles. The quantitative estimate of drug-likeness (QED) is 0.906. The van der Waals surface area contributed by atoms with Gasteiger partial charge < -0.3 is 9.52 Å². The first-order chi connectivity index (χ1) is 8.15. The largest absolute Gasteiger partial charge is 0.475 e. The predicted molar refractivity (Wildman–Crippen MR) is 61.3 cm³/mol. The summed E-state index contributed by atoms with van der Waals surface area (Å²) >= 11 is 1.49. The summed E-state index contributed by atoms with van der Waals surface area (Å²) in [5.41, 5.74) is 1.18. The molecule has 1 N–H and O–H groups in total. The molecule has 0 atom stereocenters. The van der Waals surface area contributed by atoms with Crippen molar-refractivity contribution in [2.24, 2.45) is 0 Å². The highest BCUT2D eigenvalue weighted by molar-refractivity contribution is 7.09. The summed E-state index contributed by atoms with van der Waals surface area (Å²) in [6.07, 6.45) is 1.98. The van der Waals surface area contributed by atoms with Crippen LogP contribution in [0.15, 0.2) is 9.80 Å². The SMILES string of the molecule is Cc1nc(-c2nc(C3CC3)c(C(=O)O)o2)cs1. The second kappa shape index (κ2) is 3.66. The molecule has 2 heterocycles. The standard InChI is InChI=1S/C11H10N2O3S/c1-5-12-7(4-17-5)10-13-8(6-2-3-6)9(16-10)11(14)15/h4,6H,2-3H2,1H3,(H,14,15). The van der Waals surface area contributed by atoms with Crippen molar-refractivity contribution < 1.29 is 14.3 Å². The molecule has 0 unspecified atom stereocenters. The van der Waals surface area contributed by atoms with Crippen molar-refractivity contribution in [3.63, 3.8) is 0 Å². The van der Waals surface area contributed by atoms with Crippen LogP contribution in [0.2, 0.25) is 0 Å². The van der Waals surface area contributed by atoms with Gasteiger partial charge >= 0.3 is 5.97 Å². The molecule has 0 amide bonds. The third-order valence-electron chi connectivity index (χ3n) is 2.65. The molecule has 0 bridgehead atoms. The van der Waals surface area contributed by atoms with Gasteiger partial charge in [-0.2, -0.15) is 0 Å². The summed E-state index contributed by atoms with van der Waals surface area (Å²) in [7, 11) is 0. The van der Waals surface area contributed by atoms with Crippen LogP contribution >= 0.6 is 11.3 Å². The first kappa shape index (κ1) is 10.5. The summed E-state index contributed by atoms with van der Waals surface area (Å²) in [5.74, 6) is -0.530. The second-order valence-electron chi connectivity index (χ2n) is 4.06. The number of carbonyl (C=O) groups is 1. The highest BCUT2D eigenvalue weighted by Gasteiger charge is 2.34. The van der Waals surface area contributed by atoms with Gasteiger partial charge in [-0.1, -0.05) is 0 Å². The zero-order valence-electron chi connectivity index (χ0n) is 9.14. The lowest BCUT2D eigenvalue weighted by Crippen LogP contribution is -1.98. The Bertz CT molecular complexity index is 583. The van der Waals surface area contributed by atoms with Gasteiger partial charge in [0.2, 0.25) is 11.7 Å². The number of hydrogen-bond acceptors (Lipinski definition) is 5. The topological polar surface area (TPSA) is 76.2 Å². The van der Waals surface area contributed by atoms with Gasteiger partial charge in [0, 0.05) is 11.3 Å². The number of aryl methyl sites for hydroxylation is 1. The van der Waals surface area contributed by atoms with Crippen molar-refractivity contribution in [3.8, 4) is 11.6 Å². The molecule has 1 fully saturated rings. The van der Waals surface area contributed by atoms with Gasteiger partial charge in [-0.05, 0) is 19.8 Å². The minimum atomic E-state index is -1.06. The second-order valence-corrected chi connectivity index (χ2v) is 5.13. The lowest BCUT2D eigenvalue weighted by molar-refractivity contribution is 0.0661. The summed E-state index contributed by atoms with van der Waals surface area (Å²) in [5, 5.41) is 11.8. The number of oxazole rings is 1. The zero-order chi connectivity index (χ0) is 12.0. The van der Waals surface area contributed by atoms with Crippen LogP contribution in [-0.2, 0) is 0 Å². The number of carboxylic acids is 1. The van der Waals surface area contributed by atoms with Crippen LogP contribution in [0.25, 0.3) is 11.6 Å². The van der Waals surface area contributed by atoms with E-state index in [4.69, 9.17) is 9.52 Å². The Labute approximate surface area is 101 Å². The summed E-state index contributed by atoms with van der Waals surface area (Å²) in [4.78, 5) is 19.6. The minimum absolute atomic E-state index is 0.0341. The van der Waals surface area contributed by atoms with Crippen molar-refractivity contribution in [2.75, 3.05) is 0 Å². The molecule has 5 nitrogen and oxygen atoms in total. The Morgan fingerprint density at radius 2 is 2.29 bits per heavy atom. The maximum Gasteiger partial charge on any atom is 0.373 e. The fraction of sp³-hybridized carbons (Fsp3) is 0.364. The summed E-state index contributed by atoms with van der Waals surface area (Å²) < 4.78 is 5.31. The monoisotopic (exact) mass is 250 g/mol. The fourth-order valence-electron chi connectivity index (χ4n) is 1.69. The Morgan fingerprint density at radius 1 is 1.53 bits per heavy atom. The Hall–Kier alpha value is -1.69. The molecule has 0 spiro atoms. The molecular formula is C11H10N2O3S. The highest BCUT2D eigenvalue weighted by Crippen LogP contribution is 2.42. The van der Waals surface area contributed by atoms with E-state index < -0.39 is 5.97 Å². The van der Waals surface area contributed by atoms with Crippen LogP contribution in [0.4, 0.5) is 0 Å². The number of aromatic carboxylic acids is 1. The summed E-state index contributed by atoms with van der Waals surface area (Å²) in [6.45, 7) is 1.89. The van der Waals surface area contributed by atoms with Gasteiger partial charge in [0.15, 0.2) is 0 Å². The van der Waals surface area contributed by atoms with Crippen LogP contribution in [0.3, 0.4) is 0 Å². The molecule has 3 rings (SSSR count). The zero-order valence-corrected chi connectivity index (χ0v) is 9.95. The molecule has 0 saturated heterocycles. The third kappa shape index (κ3) is 1.84. The molecule has 17 heavy (non-hydrogen) atoms. The Kier molecular flexibility index (Phi) is 2.25. The van der Waals surface area contributed by atoms with Crippen molar-refractivity contribution >= 4 is 17.3 Å². The average Bonchev–Trinajstić information content (AvgIpc) is 2.87. The fourth-order valence-corrected chi connectivity index (χ4v) is 2.28. The minimum Gasteiger partial charge on any atom is -0.475 e. The van der Waals surface area contributed by atoms with E-state index in [0.29, 0.717) is 17.3 Å². The molecule has 88 valence electrons. The van der Waals surface area contributed by atoms with E-state index >= 15 is 0 Å². The van der Waals surface area contributed by atoms with E-state index in [1.165, 1.54) is 11.3 Å². The number of carboxylic acid groups (broad SMARTS) is 1. The van der Waals surface area contributed by atoms with E-state index in [1.54, 1.807) is 0 Å². The average molecular weight is 250 g/mol. The van der Waals surface area contributed by atoms with E-state index in [-0.39, 0.29) is 11.7 Å². The number of hydrogen-bond donors (Lipinski definition) is 1. The van der Waals surface area contributed by atoms with E-state index in [1.807, 2.05) is 12.3 Å². The number of rotatable bonds is 3. The normalized spacial score (nSPS) is 15.1. The van der Waals surface area contributed by atoms with Gasteiger partial charge in [0.05, 0.1) is 10.7 Å². The number of aromatic nitrogens is 2. The van der Waals surface area contributed by atoms with Crippen molar-refractivity contribution in [2.45, 2.75) is 25.7 Å². The number of thiazole rings is 1. The Balaban J connectivity index is 2.06. The maximum absolute atomic E-state index is 11.1. The highest BCUT2D eigenvalue weighted by atomic mass is 32.1. The molecule has 2 aromatic heterocycles. The van der Waals surface area contributed by atoms with Crippen LogP contribution in [-0.4, -0.2) is 21.0 Å². The lowest BCUT2D eigenvalue weighted by Gasteiger charge is -1.89. The van der Waals surface area contributed by atoms with Crippen molar-refractivity contribution in [1.29, 1.82) is 0 Å². The Morgan fingerprint density at radius 3 is 2.82 bits per heavy atom. The third-order valence-corrected chi connectivity index (χ3v) is 3.42. The van der Waals surface area contributed by atoms with E-state index in [2.05, 4.69) is 9.97 Å². The van der Waals surface area contributed by atoms with Gasteiger partial charge in [-0.25, -0.2) is 14.8 Å². The maximum atomic E-state index is 11.1. The molecule has 1 aliphatic carbocycles. The lowest BCUT2D eigenvalue weighted by atomic mass is 10.2. The first-order valence-electron chi connectivity index (χ1n) is 5.31. The molecule has 2 aromatic rings. The molecule has 6 heteroatoms. The molecule has 1 saturated carbocycles. The van der Waals surface area contributed by atoms with Crippen LogP contribution in [0.5, 0.6) is 0 Å². The molecule has 0 aliphatic heterocycles. The number of nitrogens with zero attached hydrogens (tertiary/aromatic N) is 2. The smallest absolute Gasteiger partial charge is 0.373 e. The van der Waals surface area contributed by atoms with Crippen molar-refractivity contribution in [3.05, 3.63) is 21.8 Å². The van der Waals surface area contributed by atoms with Crippen LogP contribution < -0.4 is 0 Å². The van der Waals surface area contributed by atoms with Gasteiger partial charge in [-0.3, -0.25) is 0 Å². The predicted octanol–water partition coefficient (Wildman–Crippen LogP) is 2.68. The van der Waals surface area contributed by atoms with E-state index in [0.717, 1.165) is 17.8 Å². The van der Waals surface area contributed by atoms with Crippen LogP contribution in [0.1, 0.15) is 40.0 Å². The van der Waals surface area contributed by atoms with Gasteiger partial charge in [-0.15, -0.1) is 11.3 Å². The first-order valence-corrected chi connectivity index (χ1v) is 6.19. The van der Waals surface area contributed by atoms with Crippen LogP contribution in [0, 0.1) is 6.92 Å². The molecule has 0 radical (unpaired) electrons.